The van der Waals surface area contributed by atoms with Crippen LogP contribution in [0.5, 0.6) is 0 Å². The number of hydrogen-bond donors (Lipinski definition) is 4. The molecule has 2 aromatic carbocycles. The molecular formula is C22H25N4O7P. The van der Waals surface area contributed by atoms with Crippen LogP contribution in [-0.4, -0.2) is 56.4 Å². The van der Waals surface area contributed by atoms with Crippen molar-refractivity contribution in [3.63, 3.8) is 0 Å². The summed E-state index contributed by atoms with van der Waals surface area (Å²) in [7, 11) is -4.38. The minimum Gasteiger partial charge on any atom is -0.348 e. The van der Waals surface area contributed by atoms with Crippen LogP contribution >= 0.6 is 7.60 Å². The number of nitrogens with one attached hydrogen (secondary N) is 2. The van der Waals surface area contributed by atoms with Crippen LogP contribution in [0, 0.1) is 0 Å². The Morgan fingerprint density at radius 2 is 1.85 bits per heavy atom. The summed E-state index contributed by atoms with van der Waals surface area (Å²) in [4.78, 5) is 35.7. The number of hydrogen-bond acceptors (Lipinski definition) is 6. The zero-order chi connectivity index (χ0) is 23.9. The molecule has 3 heterocycles. The van der Waals surface area contributed by atoms with Crippen LogP contribution in [0.3, 0.4) is 0 Å². The van der Waals surface area contributed by atoms with Gasteiger partial charge >= 0.3 is 13.6 Å². The Bertz CT molecular complexity index is 1230. The Kier molecular flexibility index (Phi) is 6.15. The second-order valence-corrected chi connectivity index (χ2v) is 9.86. The van der Waals surface area contributed by atoms with E-state index in [1.165, 1.54) is 0 Å². The largest absolute Gasteiger partial charge is 0.348 e. The molecule has 5 atom stereocenters. The summed E-state index contributed by atoms with van der Waals surface area (Å²) in [5, 5.41) is 5.46. The first kappa shape index (κ1) is 23.0. The second-order valence-electron chi connectivity index (χ2n) is 8.17. The molecule has 2 amide bonds. The smallest absolute Gasteiger partial charge is 0.328 e. The van der Waals surface area contributed by atoms with E-state index in [1.807, 2.05) is 43.3 Å². The van der Waals surface area contributed by atoms with Gasteiger partial charge in [0.25, 0.3) is 0 Å². The normalized spacial score (nSPS) is 26.5. The van der Waals surface area contributed by atoms with E-state index in [0.29, 0.717) is 23.3 Å². The Morgan fingerprint density at radius 3 is 2.59 bits per heavy atom. The minimum absolute atomic E-state index is 0.346. The lowest BCUT2D eigenvalue weighted by molar-refractivity contribution is -0.143. The number of rotatable bonds is 6. The van der Waals surface area contributed by atoms with Crippen molar-refractivity contribution >= 4 is 30.3 Å². The van der Waals surface area contributed by atoms with Crippen LogP contribution in [0.2, 0.25) is 0 Å². The molecule has 1 aromatic heterocycles. The van der Waals surface area contributed by atoms with E-state index < -0.39 is 44.6 Å². The number of para-hydroxylation sites is 1. The lowest BCUT2D eigenvalue weighted by atomic mass is 10.1. The Balaban J connectivity index is 1.48. The number of amides is 2. The van der Waals surface area contributed by atoms with Crippen molar-refractivity contribution in [1.29, 1.82) is 0 Å². The molecule has 2 aliphatic rings. The number of imidazole rings is 1. The fraction of sp³-hybridized carbons (Fsp3) is 0.364. The van der Waals surface area contributed by atoms with Crippen LogP contribution in [0.25, 0.3) is 11.0 Å². The molecule has 34 heavy (non-hydrogen) atoms. The summed E-state index contributed by atoms with van der Waals surface area (Å²) in [6.45, 7) is 2.30. The van der Waals surface area contributed by atoms with Crippen LogP contribution in [0.15, 0.2) is 54.9 Å². The van der Waals surface area contributed by atoms with E-state index in [0.717, 1.165) is 5.56 Å². The molecule has 2 unspecified atom stereocenters. The number of nitrogens with zero attached hydrogens (tertiary/aromatic N) is 2. The number of ether oxygens (including phenoxy) is 3. The van der Waals surface area contributed by atoms with Crippen molar-refractivity contribution in [1.82, 2.24) is 14.9 Å². The molecule has 180 valence electrons. The number of carbonyl (C=O) groups is 1. The zero-order valence-electron chi connectivity index (χ0n) is 18.3. The van der Waals surface area contributed by atoms with Crippen molar-refractivity contribution in [3.05, 3.63) is 60.4 Å². The molecule has 4 N–H and O–H groups in total. The monoisotopic (exact) mass is 488 g/mol. The minimum atomic E-state index is -4.38. The number of urea groups is 1. The number of aromatic nitrogens is 2. The van der Waals surface area contributed by atoms with Gasteiger partial charge in [0.05, 0.1) is 23.7 Å². The number of anilines is 1. The quantitative estimate of drug-likeness (QED) is 0.388. The molecule has 2 fully saturated rings. The molecule has 11 nitrogen and oxygen atoms in total. The van der Waals surface area contributed by atoms with Gasteiger partial charge in [0, 0.05) is 12.1 Å². The van der Waals surface area contributed by atoms with Gasteiger partial charge in [0.15, 0.2) is 12.5 Å². The van der Waals surface area contributed by atoms with E-state index in [4.69, 9.17) is 14.2 Å². The zero-order valence-corrected chi connectivity index (χ0v) is 19.2. The summed E-state index contributed by atoms with van der Waals surface area (Å²) in [5.41, 5.74) is 2.54. The van der Waals surface area contributed by atoms with Crippen LogP contribution < -0.4 is 10.6 Å². The van der Waals surface area contributed by atoms with Gasteiger partial charge in [-0.25, -0.2) is 9.78 Å². The van der Waals surface area contributed by atoms with Crippen molar-refractivity contribution in [2.45, 2.75) is 37.8 Å². The highest BCUT2D eigenvalue weighted by Crippen LogP contribution is 2.48. The van der Waals surface area contributed by atoms with Crippen LogP contribution in [-0.2, 0) is 18.8 Å². The average molecular weight is 488 g/mol. The van der Waals surface area contributed by atoms with E-state index in [9.17, 15) is 19.1 Å². The maximum absolute atomic E-state index is 12.0. The number of carbonyl (C=O) groups excluding carboxylic acids is 1. The third-order valence-electron chi connectivity index (χ3n) is 5.80. The van der Waals surface area contributed by atoms with Gasteiger partial charge in [-0.1, -0.05) is 36.4 Å². The molecule has 0 bridgehead atoms. The van der Waals surface area contributed by atoms with Crippen molar-refractivity contribution in [2.24, 2.45) is 0 Å². The van der Waals surface area contributed by atoms with Crippen LogP contribution in [0.1, 0.15) is 25.0 Å². The molecule has 5 rings (SSSR count). The van der Waals surface area contributed by atoms with Gasteiger partial charge in [0.2, 0.25) is 0 Å². The van der Waals surface area contributed by atoms with Gasteiger partial charge in [-0.15, -0.1) is 0 Å². The van der Waals surface area contributed by atoms with E-state index in [1.54, 1.807) is 23.0 Å². The molecule has 0 radical (unpaired) electrons. The highest BCUT2D eigenvalue weighted by Gasteiger charge is 2.55. The Morgan fingerprint density at radius 1 is 1.09 bits per heavy atom. The van der Waals surface area contributed by atoms with E-state index >= 15 is 0 Å². The van der Waals surface area contributed by atoms with Gasteiger partial charge in [-0.2, -0.15) is 0 Å². The van der Waals surface area contributed by atoms with Gasteiger partial charge in [-0.05, 0) is 19.1 Å². The summed E-state index contributed by atoms with van der Waals surface area (Å²) in [6, 6.07) is 14.3. The number of benzene rings is 2. The topological polar surface area (TPSA) is 144 Å². The Labute approximate surface area is 195 Å². The summed E-state index contributed by atoms with van der Waals surface area (Å²) in [6.07, 6.45) is -2.54. The lowest BCUT2D eigenvalue weighted by Gasteiger charge is -2.22. The highest BCUT2D eigenvalue weighted by atomic mass is 31.2. The first-order valence-electron chi connectivity index (χ1n) is 10.9. The molecule has 0 aliphatic carbocycles. The third-order valence-corrected chi connectivity index (χ3v) is 6.64. The lowest BCUT2D eigenvalue weighted by Crippen LogP contribution is -2.30. The first-order chi connectivity index (χ1) is 16.3. The van der Waals surface area contributed by atoms with Crippen molar-refractivity contribution in [3.8, 4) is 0 Å². The van der Waals surface area contributed by atoms with E-state index in [2.05, 4.69) is 15.6 Å². The Hall–Kier alpha value is -2.79. The maximum atomic E-state index is 12.0. The number of fused-ring (bicyclic) bond motifs is 2. The molecule has 3 aromatic rings. The molecule has 12 heteroatoms. The fourth-order valence-corrected chi connectivity index (χ4v) is 5.16. The first-order valence-corrected chi connectivity index (χ1v) is 12.7. The fourth-order valence-electron chi connectivity index (χ4n) is 4.40. The van der Waals surface area contributed by atoms with Crippen molar-refractivity contribution < 1.29 is 33.4 Å². The van der Waals surface area contributed by atoms with Gasteiger partial charge in [0.1, 0.15) is 23.8 Å². The van der Waals surface area contributed by atoms with E-state index in [-0.39, 0.29) is 6.03 Å². The summed E-state index contributed by atoms with van der Waals surface area (Å²) in [5.74, 6) is 0. The summed E-state index contributed by atoms with van der Waals surface area (Å²) >= 11 is 0. The molecule has 0 spiro atoms. The van der Waals surface area contributed by atoms with Crippen LogP contribution in [0.4, 0.5) is 10.5 Å². The standard InChI is InChI=1S/C22H25N4O7P/c1-2-23-22(27)25-14-9-6-10-15-17(14)24-12-26(15)20-19-18(16(31-20)11-34(28,29)30)32-21(33-19)13-7-4-3-5-8-13/h3-10,12,16,18-21H,2,11H2,1H3,(H2,23,25,27)(H2,28,29,30)/t16-,18?,19?,20-,21-/m1/s1. The predicted octanol–water partition coefficient (Wildman–Crippen LogP) is 2.74. The second kappa shape index (κ2) is 9.10. The molecule has 0 saturated carbocycles. The summed E-state index contributed by atoms with van der Waals surface area (Å²) < 4.78 is 31.9. The van der Waals surface area contributed by atoms with Gasteiger partial charge in [-0.3, -0.25) is 4.57 Å². The van der Waals surface area contributed by atoms with Gasteiger partial charge < -0.3 is 39.2 Å². The molecular weight excluding hydrogens is 463 g/mol. The predicted molar refractivity (Wildman–Crippen MR) is 122 cm³/mol. The molecule has 2 aliphatic heterocycles. The third kappa shape index (κ3) is 4.46. The average Bonchev–Trinajstić information content (AvgIpc) is 3.49. The SMILES string of the molecule is CCNC(=O)Nc1cccc2c1ncn2[C@@H]1O[C@H](CP(=O)(O)O)C2O[C@@H](c3ccccc3)OC21. The van der Waals surface area contributed by atoms with Crippen molar-refractivity contribution in [2.75, 3.05) is 18.0 Å². The highest BCUT2D eigenvalue weighted by molar-refractivity contribution is 7.51. The molecule has 2 saturated heterocycles. The maximum Gasteiger partial charge on any atom is 0.328 e.